The number of hydrogen-bond donors (Lipinski definition) is 2. The first-order valence-corrected chi connectivity index (χ1v) is 9.19. The lowest BCUT2D eigenvalue weighted by Crippen LogP contribution is -2.40. The highest BCUT2D eigenvalue weighted by Gasteiger charge is 2.37. The van der Waals surface area contributed by atoms with E-state index in [2.05, 4.69) is 19.0 Å². The molecule has 5 heteroatoms. The van der Waals surface area contributed by atoms with Gasteiger partial charge in [0.15, 0.2) is 13.5 Å². The Kier molecular flexibility index (Phi) is 4.59. The van der Waals surface area contributed by atoms with E-state index in [1.54, 1.807) is 0 Å². The van der Waals surface area contributed by atoms with Gasteiger partial charge < -0.3 is 10.0 Å². The lowest BCUT2D eigenvalue weighted by molar-refractivity contribution is 0.321. The summed E-state index contributed by atoms with van der Waals surface area (Å²) in [6, 6.07) is 7.54. The summed E-state index contributed by atoms with van der Waals surface area (Å²) in [5, 5.41) is 11.5. The number of benzene rings is 1. The van der Waals surface area contributed by atoms with Crippen LogP contribution in [-0.4, -0.2) is 23.5 Å². The molecule has 0 saturated heterocycles. The van der Waals surface area contributed by atoms with Gasteiger partial charge in [-0.1, -0.05) is 54.9 Å². The number of oxime groups is 1. The Bertz CT molecular complexity index is 435. The average molecular weight is 286 g/mol. The van der Waals surface area contributed by atoms with Crippen molar-refractivity contribution in [3.8, 4) is 0 Å². The van der Waals surface area contributed by atoms with E-state index in [4.69, 9.17) is 16.8 Å². The number of rotatable bonds is 4. The highest BCUT2D eigenvalue weighted by atomic mass is 35.5. The van der Waals surface area contributed by atoms with Crippen LogP contribution in [-0.2, 0) is 6.42 Å². The van der Waals surface area contributed by atoms with Crippen LogP contribution in [0.2, 0.25) is 18.1 Å². The van der Waals surface area contributed by atoms with Gasteiger partial charge >= 0.3 is 0 Å². The molecular weight excluding hydrogens is 266 g/mol. The largest absolute Gasteiger partial charge is 0.432 e. The number of nitrogens with zero attached hydrogens (tertiary/aromatic N) is 1. The van der Waals surface area contributed by atoms with Crippen molar-refractivity contribution >= 4 is 25.1 Å². The average Bonchev–Trinajstić information content (AvgIpc) is 2.27. The monoisotopic (exact) mass is 285 g/mol. The highest BCUT2D eigenvalue weighted by Crippen LogP contribution is 2.38. The molecule has 0 aliphatic rings. The Balaban J connectivity index is 2.88. The Hall–Kier alpha value is -0.843. The third kappa shape index (κ3) is 3.57. The molecule has 0 spiro atoms. The second-order valence-corrected chi connectivity index (χ2v) is 10.5. The normalized spacial score (nSPS) is 13.8. The Morgan fingerprint density at radius 1 is 1.28 bits per heavy atom. The molecule has 1 rings (SSSR count). The molecule has 0 bridgehead atoms. The molecule has 0 aromatic heterocycles. The Morgan fingerprint density at radius 3 is 2.17 bits per heavy atom. The molecule has 0 atom stereocenters. The van der Waals surface area contributed by atoms with Crippen molar-refractivity contribution in [2.45, 2.75) is 38.4 Å². The van der Waals surface area contributed by atoms with Gasteiger partial charge in [-0.25, -0.2) is 0 Å². The first kappa shape index (κ1) is 15.2. The molecule has 1 aromatic carbocycles. The zero-order valence-electron chi connectivity index (χ0n) is 11.2. The molecule has 0 heterocycles. The van der Waals surface area contributed by atoms with E-state index in [0.717, 1.165) is 12.0 Å². The molecular formula is C13H20ClNO2Si. The topological polar surface area (TPSA) is 52.8 Å². The van der Waals surface area contributed by atoms with Gasteiger partial charge in [0.05, 0.1) is 0 Å². The molecule has 2 N–H and O–H groups in total. The summed E-state index contributed by atoms with van der Waals surface area (Å²) in [6.07, 6.45) is 0.816. The van der Waals surface area contributed by atoms with E-state index in [-0.39, 0.29) is 10.2 Å². The Labute approximate surface area is 114 Å². The zero-order chi connectivity index (χ0) is 14.0. The van der Waals surface area contributed by atoms with E-state index in [0.29, 0.717) is 5.56 Å². The van der Waals surface area contributed by atoms with Crippen molar-refractivity contribution in [3.05, 3.63) is 35.4 Å². The van der Waals surface area contributed by atoms with Gasteiger partial charge in [0.1, 0.15) is 0 Å². The first-order chi connectivity index (χ1) is 8.17. The summed E-state index contributed by atoms with van der Waals surface area (Å²) >= 11 is 5.72. The van der Waals surface area contributed by atoms with Crippen molar-refractivity contribution in [2.24, 2.45) is 5.16 Å². The molecule has 100 valence electrons. The van der Waals surface area contributed by atoms with Crippen LogP contribution in [0.4, 0.5) is 0 Å². The SMILES string of the molecule is CC(C)(Cc1ccc(/C(Cl)=N/O)cc1)[Si](C)(C)O. The van der Waals surface area contributed by atoms with Gasteiger partial charge in [-0.2, -0.15) is 0 Å². The molecule has 18 heavy (non-hydrogen) atoms. The molecule has 3 nitrogen and oxygen atoms in total. The first-order valence-electron chi connectivity index (χ1n) is 5.86. The summed E-state index contributed by atoms with van der Waals surface area (Å²) in [5.74, 6) is 0. The molecule has 0 unspecified atom stereocenters. The van der Waals surface area contributed by atoms with Crippen molar-refractivity contribution in [1.29, 1.82) is 0 Å². The van der Waals surface area contributed by atoms with Crippen LogP contribution in [0.25, 0.3) is 0 Å². The molecule has 0 radical (unpaired) electrons. The molecule has 1 aromatic rings. The predicted octanol–water partition coefficient (Wildman–Crippen LogP) is 3.58. The second kappa shape index (κ2) is 5.43. The maximum absolute atomic E-state index is 10.3. The lowest BCUT2D eigenvalue weighted by Gasteiger charge is -2.35. The minimum Gasteiger partial charge on any atom is -0.432 e. The number of halogens is 1. The lowest BCUT2D eigenvalue weighted by atomic mass is 10.0. The summed E-state index contributed by atoms with van der Waals surface area (Å²) in [4.78, 5) is 10.3. The summed E-state index contributed by atoms with van der Waals surface area (Å²) < 4.78 is 0. The fourth-order valence-corrected chi connectivity index (χ4v) is 2.31. The van der Waals surface area contributed by atoms with Crippen LogP contribution >= 0.6 is 11.6 Å². The van der Waals surface area contributed by atoms with Crippen LogP contribution in [0.5, 0.6) is 0 Å². The maximum Gasteiger partial charge on any atom is 0.188 e. The third-order valence-electron chi connectivity index (χ3n) is 3.58. The number of hydrogen-bond acceptors (Lipinski definition) is 3. The molecule has 0 aliphatic carbocycles. The van der Waals surface area contributed by atoms with Crippen LogP contribution in [0.3, 0.4) is 0 Å². The van der Waals surface area contributed by atoms with Crippen LogP contribution in [0.15, 0.2) is 29.4 Å². The summed E-state index contributed by atoms with van der Waals surface area (Å²) in [7, 11) is -2.20. The predicted molar refractivity (Wildman–Crippen MR) is 78.1 cm³/mol. The second-order valence-electron chi connectivity index (χ2n) is 5.71. The Morgan fingerprint density at radius 2 is 1.78 bits per heavy atom. The van der Waals surface area contributed by atoms with Crippen molar-refractivity contribution in [1.82, 2.24) is 0 Å². The molecule has 0 fully saturated rings. The highest BCUT2D eigenvalue weighted by molar-refractivity contribution is 6.72. The van der Waals surface area contributed by atoms with E-state index in [9.17, 15) is 4.80 Å². The molecule has 0 amide bonds. The van der Waals surface area contributed by atoms with Gasteiger partial charge in [-0.15, -0.1) is 0 Å². The van der Waals surface area contributed by atoms with Crippen LogP contribution in [0.1, 0.15) is 25.0 Å². The van der Waals surface area contributed by atoms with Crippen molar-refractivity contribution in [2.75, 3.05) is 0 Å². The zero-order valence-corrected chi connectivity index (χ0v) is 13.0. The van der Waals surface area contributed by atoms with Crippen LogP contribution < -0.4 is 0 Å². The van der Waals surface area contributed by atoms with Crippen molar-refractivity contribution in [3.63, 3.8) is 0 Å². The van der Waals surface area contributed by atoms with Gasteiger partial charge in [0.2, 0.25) is 0 Å². The fourth-order valence-electron chi connectivity index (χ4n) is 1.54. The standard InChI is InChI=1S/C13H20ClNO2Si/c1-13(2,18(3,4)17)9-10-5-7-11(8-6-10)12(14)15-16/h5-8,16-17H,9H2,1-4H3/b15-12-. The minimum atomic E-state index is -2.20. The summed E-state index contributed by atoms with van der Waals surface area (Å²) in [6.45, 7) is 8.10. The maximum atomic E-state index is 10.3. The quantitative estimate of drug-likeness (QED) is 0.384. The van der Waals surface area contributed by atoms with Gasteiger partial charge in [-0.05, 0) is 30.1 Å². The smallest absolute Gasteiger partial charge is 0.188 e. The van der Waals surface area contributed by atoms with Crippen LogP contribution in [0, 0.1) is 0 Å². The van der Waals surface area contributed by atoms with E-state index < -0.39 is 8.32 Å². The third-order valence-corrected chi connectivity index (χ3v) is 7.37. The van der Waals surface area contributed by atoms with Gasteiger partial charge in [-0.3, -0.25) is 0 Å². The fraction of sp³-hybridized carbons (Fsp3) is 0.462. The minimum absolute atomic E-state index is 0.0812. The molecule has 0 saturated carbocycles. The molecule has 0 aliphatic heterocycles. The summed E-state index contributed by atoms with van der Waals surface area (Å²) in [5.41, 5.74) is 1.82. The van der Waals surface area contributed by atoms with E-state index in [1.165, 1.54) is 0 Å². The van der Waals surface area contributed by atoms with Crippen molar-refractivity contribution < 1.29 is 10.0 Å². The van der Waals surface area contributed by atoms with E-state index in [1.807, 2.05) is 37.4 Å². The van der Waals surface area contributed by atoms with Gasteiger partial charge in [0.25, 0.3) is 0 Å². The van der Waals surface area contributed by atoms with Gasteiger partial charge in [0, 0.05) is 5.56 Å². The van der Waals surface area contributed by atoms with E-state index >= 15 is 0 Å².